The summed E-state index contributed by atoms with van der Waals surface area (Å²) in [4.78, 5) is 1.37. The highest BCUT2D eigenvalue weighted by atomic mass is 19.1. The average Bonchev–Trinajstić information content (AvgIpc) is 2.63. The number of benzene rings is 3. The average molecular weight is 320 g/mol. The maximum Gasteiger partial charge on any atom is 0.132 e. The second-order valence-corrected chi connectivity index (χ2v) is 6.17. The molecule has 3 rings (SSSR count). The molecule has 0 aliphatic heterocycles. The molecule has 0 aliphatic rings. The Hall–Kier alpha value is -2.45. The minimum absolute atomic E-state index is 0.109. The van der Waals surface area contributed by atoms with E-state index >= 15 is 0 Å². The molecule has 1 N–H and O–H groups in total. The first kappa shape index (κ1) is 16.4. The van der Waals surface area contributed by atoms with Gasteiger partial charge in [-0.25, -0.2) is 4.39 Å². The molecule has 0 saturated carbocycles. The quantitative estimate of drug-likeness (QED) is 0.678. The number of rotatable bonds is 7. The Balaban J connectivity index is 1.71. The van der Waals surface area contributed by atoms with Gasteiger partial charge in [-0.2, -0.15) is 0 Å². The lowest BCUT2D eigenvalue weighted by atomic mass is 10.1. The van der Waals surface area contributed by atoms with Crippen LogP contribution in [0.4, 0.5) is 4.39 Å². The Labute approximate surface area is 143 Å². The fourth-order valence-electron chi connectivity index (χ4n) is 3.00. The van der Waals surface area contributed by atoms with E-state index < -0.39 is 0 Å². The van der Waals surface area contributed by atoms with E-state index in [1.165, 1.54) is 16.0 Å². The van der Waals surface area contributed by atoms with Crippen LogP contribution in [0.3, 0.4) is 0 Å². The zero-order valence-electron chi connectivity index (χ0n) is 13.8. The summed E-state index contributed by atoms with van der Waals surface area (Å²) in [5.74, 6) is -0.109. The smallest absolute Gasteiger partial charge is 0.132 e. The molecule has 0 bridgehead atoms. The van der Waals surface area contributed by atoms with E-state index in [1.54, 1.807) is 12.1 Å². The molecule has 122 valence electrons. The number of hydrogen-bond donors (Lipinski definition) is 1. The molecule has 0 saturated heterocycles. The van der Waals surface area contributed by atoms with E-state index in [0.29, 0.717) is 6.54 Å². The van der Waals surface area contributed by atoms with Gasteiger partial charge in [0.1, 0.15) is 18.9 Å². The predicted octanol–water partition coefficient (Wildman–Crippen LogP) is 3.65. The van der Waals surface area contributed by atoms with Crippen LogP contribution in [0.5, 0.6) is 0 Å². The van der Waals surface area contributed by atoms with Gasteiger partial charge in [-0.15, -0.1) is 0 Å². The van der Waals surface area contributed by atoms with E-state index in [-0.39, 0.29) is 5.82 Å². The summed E-state index contributed by atoms with van der Waals surface area (Å²) in [6, 6.07) is 28.0. The van der Waals surface area contributed by atoms with Crippen LogP contribution >= 0.6 is 0 Å². The van der Waals surface area contributed by atoms with E-state index in [1.807, 2.05) is 24.3 Å². The minimum Gasteiger partial charge on any atom is -0.327 e. The van der Waals surface area contributed by atoms with Gasteiger partial charge in [-0.05, 0) is 11.6 Å². The summed E-state index contributed by atoms with van der Waals surface area (Å²) in [5.41, 5.74) is 3.41. The largest absolute Gasteiger partial charge is 0.327 e. The highest BCUT2D eigenvalue weighted by molar-refractivity contribution is 5.17. The Bertz CT molecular complexity index is 740. The molecule has 0 fully saturated rings. The third kappa shape index (κ3) is 4.77. The molecular weight excluding hydrogens is 297 g/mol. The van der Waals surface area contributed by atoms with Gasteiger partial charge in [0.25, 0.3) is 0 Å². The topological polar surface area (TPSA) is 4.44 Å². The Morgan fingerprint density at radius 1 is 0.625 bits per heavy atom. The molecular formula is C22H23FN+. The molecule has 0 amide bonds. The van der Waals surface area contributed by atoms with Gasteiger partial charge in [-0.3, -0.25) is 0 Å². The summed E-state index contributed by atoms with van der Waals surface area (Å²) in [5, 5.41) is 0. The van der Waals surface area contributed by atoms with Crippen LogP contribution in [0, 0.1) is 5.82 Å². The van der Waals surface area contributed by atoms with Crippen LogP contribution in [-0.4, -0.2) is 6.54 Å². The Morgan fingerprint density at radius 2 is 1.21 bits per heavy atom. The molecule has 3 aromatic carbocycles. The van der Waals surface area contributed by atoms with Crippen molar-refractivity contribution >= 4 is 0 Å². The number of quaternary nitrogens is 1. The third-order valence-corrected chi connectivity index (χ3v) is 4.31. The highest BCUT2D eigenvalue weighted by Gasteiger charge is 2.13. The van der Waals surface area contributed by atoms with Gasteiger partial charge in [0, 0.05) is 17.5 Å². The van der Waals surface area contributed by atoms with Crippen LogP contribution in [-0.2, 0) is 19.5 Å². The predicted molar refractivity (Wildman–Crippen MR) is 96.2 cm³/mol. The standard InChI is InChI=1S/C22H22FN/c23-22-14-8-7-13-21(22)18-24(17-20-11-5-2-6-12-20)16-15-19-9-3-1-4-10-19/h1-14H,15-18H2/p+1. The first-order valence-electron chi connectivity index (χ1n) is 8.46. The van der Waals surface area contributed by atoms with Gasteiger partial charge in [0.05, 0.1) is 6.54 Å². The molecule has 2 heteroatoms. The van der Waals surface area contributed by atoms with E-state index in [2.05, 4.69) is 48.5 Å². The van der Waals surface area contributed by atoms with Crippen molar-refractivity contribution in [3.63, 3.8) is 0 Å². The highest BCUT2D eigenvalue weighted by Crippen LogP contribution is 2.05. The van der Waals surface area contributed by atoms with Crippen LogP contribution < -0.4 is 4.90 Å². The molecule has 24 heavy (non-hydrogen) atoms. The van der Waals surface area contributed by atoms with Crippen LogP contribution in [0.15, 0.2) is 84.9 Å². The van der Waals surface area contributed by atoms with Crippen molar-refractivity contribution in [1.29, 1.82) is 0 Å². The lowest BCUT2D eigenvalue weighted by Gasteiger charge is -2.20. The van der Waals surface area contributed by atoms with Crippen molar-refractivity contribution < 1.29 is 9.29 Å². The summed E-state index contributed by atoms with van der Waals surface area (Å²) < 4.78 is 14.0. The number of nitrogens with one attached hydrogen (secondary N) is 1. The molecule has 0 radical (unpaired) electrons. The van der Waals surface area contributed by atoms with Crippen molar-refractivity contribution in [2.24, 2.45) is 0 Å². The number of halogens is 1. The second-order valence-electron chi connectivity index (χ2n) is 6.17. The molecule has 0 aliphatic carbocycles. The van der Waals surface area contributed by atoms with Crippen LogP contribution in [0.1, 0.15) is 16.7 Å². The van der Waals surface area contributed by atoms with Crippen molar-refractivity contribution in [2.45, 2.75) is 19.5 Å². The zero-order valence-corrected chi connectivity index (χ0v) is 13.8. The summed E-state index contributed by atoms with van der Waals surface area (Å²) in [6.45, 7) is 2.59. The molecule has 1 unspecified atom stereocenters. The van der Waals surface area contributed by atoms with Gasteiger partial charge >= 0.3 is 0 Å². The number of hydrogen-bond acceptors (Lipinski definition) is 0. The summed E-state index contributed by atoms with van der Waals surface area (Å²) in [6.07, 6.45) is 0.997. The van der Waals surface area contributed by atoms with Gasteiger partial charge in [-0.1, -0.05) is 78.9 Å². The molecule has 0 aromatic heterocycles. The Morgan fingerprint density at radius 3 is 1.88 bits per heavy atom. The summed E-state index contributed by atoms with van der Waals surface area (Å²) >= 11 is 0. The molecule has 1 nitrogen and oxygen atoms in total. The Kier molecular flexibility index (Phi) is 5.75. The monoisotopic (exact) mass is 320 g/mol. The lowest BCUT2D eigenvalue weighted by Crippen LogP contribution is -3.09. The first-order valence-corrected chi connectivity index (χ1v) is 8.46. The normalized spacial score (nSPS) is 12.0. The van der Waals surface area contributed by atoms with Gasteiger partial charge < -0.3 is 4.90 Å². The first-order chi connectivity index (χ1) is 11.8. The van der Waals surface area contributed by atoms with E-state index in [9.17, 15) is 4.39 Å². The second kappa shape index (κ2) is 8.42. The summed E-state index contributed by atoms with van der Waals surface area (Å²) in [7, 11) is 0. The van der Waals surface area contributed by atoms with Crippen LogP contribution in [0.2, 0.25) is 0 Å². The third-order valence-electron chi connectivity index (χ3n) is 4.31. The molecule has 0 spiro atoms. The SMILES string of the molecule is Fc1ccccc1C[NH+](CCc1ccccc1)Cc1ccccc1. The van der Waals surface area contributed by atoms with Crippen molar-refractivity contribution in [1.82, 2.24) is 0 Å². The van der Waals surface area contributed by atoms with Crippen LogP contribution in [0.25, 0.3) is 0 Å². The molecule has 1 atom stereocenters. The maximum atomic E-state index is 14.0. The molecule has 3 aromatic rings. The van der Waals surface area contributed by atoms with Crippen molar-refractivity contribution in [2.75, 3.05) is 6.54 Å². The van der Waals surface area contributed by atoms with Crippen molar-refractivity contribution in [3.8, 4) is 0 Å². The van der Waals surface area contributed by atoms with E-state index in [4.69, 9.17) is 0 Å². The zero-order chi connectivity index (χ0) is 16.6. The van der Waals surface area contributed by atoms with Crippen molar-refractivity contribution in [3.05, 3.63) is 107 Å². The fraction of sp³-hybridized carbons (Fsp3) is 0.182. The van der Waals surface area contributed by atoms with E-state index in [0.717, 1.165) is 25.1 Å². The van der Waals surface area contributed by atoms with Gasteiger partial charge in [0.15, 0.2) is 0 Å². The molecule has 0 heterocycles. The lowest BCUT2D eigenvalue weighted by molar-refractivity contribution is -0.927. The van der Waals surface area contributed by atoms with Gasteiger partial charge in [0.2, 0.25) is 0 Å². The fourth-order valence-corrected chi connectivity index (χ4v) is 3.00. The minimum atomic E-state index is -0.109. The maximum absolute atomic E-state index is 14.0.